The van der Waals surface area contributed by atoms with Gasteiger partial charge in [0.05, 0.1) is 4.90 Å². The topological polar surface area (TPSA) is 60.9 Å². The van der Waals surface area contributed by atoms with E-state index >= 15 is 0 Å². The normalized spacial score (nSPS) is 21.5. The molecule has 0 N–H and O–H groups in total. The van der Waals surface area contributed by atoms with Crippen molar-refractivity contribution >= 4 is 15.9 Å². The second-order valence-electron chi connectivity index (χ2n) is 8.03. The van der Waals surface area contributed by atoms with Crippen LogP contribution in [0.2, 0.25) is 0 Å². The molecule has 2 fully saturated rings. The van der Waals surface area contributed by atoms with E-state index in [1.807, 2.05) is 23.1 Å². The van der Waals surface area contributed by atoms with Gasteiger partial charge < -0.3 is 4.90 Å². The van der Waals surface area contributed by atoms with E-state index < -0.39 is 16.1 Å². The largest absolute Gasteiger partial charge is 0.339 e. The Balaban J connectivity index is 1.42. The molecule has 0 saturated carbocycles. The highest BCUT2D eigenvalue weighted by atomic mass is 32.2. The van der Waals surface area contributed by atoms with Crippen LogP contribution >= 0.6 is 0 Å². The van der Waals surface area contributed by atoms with E-state index in [4.69, 9.17) is 0 Å². The lowest BCUT2D eigenvalue weighted by Crippen LogP contribution is -2.56. The summed E-state index contributed by atoms with van der Waals surface area (Å²) in [6.07, 6.45) is 2.26. The summed E-state index contributed by atoms with van der Waals surface area (Å²) in [6, 6.07) is 18.2. The first-order valence-electron chi connectivity index (χ1n) is 10.7. The fourth-order valence-electron chi connectivity index (χ4n) is 4.35. The third-order valence-corrected chi connectivity index (χ3v) is 7.94. The number of hydrogen-bond acceptors (Lipinski definition) is 4. The molecule has 0 aliphatic carbocycles. The van der Waals surface area contributed by atoms with Crippen LogP contribution in [-0.2, 0) is 21.4 Å². The average Bonchev–Trinajstić information content (AvgIpc) is 2.80. The molecular formula is C23H29N3O3S. The minimum Gasteiger partial charge on any atom is -0.339 e. The molecule has 2 aromatic carbocycles. The lowest BCUT2D eigenvalue weighted by Gasteiger charge is -2.40. The quantitative estimate of drug-likeness (QED) is 0.736. The first-order valence-corrected chi connectivity index (χ1v) is 12.1. The molecule has 30 heavy (non-hydrogen) atoms. The zero-order valence-electron chi connectivity index (χ0n) is 17.2. The van der Waals surface area contributed by atoms with Crippen molar-refractivity contribution in [3.8, 4) is 0 Å². The summed E-state index contributed by atoms with van der Waals surface area (Å²) in [4.78, 5) is 17.8. The van der Waals surface area contributed by atoms with Crippen LogP contribution in [0, 0.1) is 0 Å². The summed E-state index contributed by atoms with van der Waals surface area (Å²) in [5.74, 6) is -0.0476. The summed E-state index contributed by atoms with van der Waals surface area (Å²) >= 11 is 0. The number of carbonyl (C=O) groups excluding carboxylic acids is 1. The number of benzene rings is 2. The molecule has 2 aliphatic rings. The van der Waals surface area contributed by atoms with Crippen molar-refractivity contribution in [2.45, 2.75) is 36.7 Å². The number of piperazine rings is 1. The van der Waals surface area contributed by atoms with Crippen LogP contribution in [0.3, 0.4) is 0 Å². The molecule has 2 aromatic rings. The maximum Gasteiger partial charge on any atom is 0.243 e. The molecule has 0 bridgehead atoms. The Kier molecular flexibility index (Phi) is 6.51. The Morgan fingerprint density at radius 1 is 0.833 bits per heavy atom. The molecule has 0 spiro atoms. The van der Waals surface area contributed by atoms with Crippen molar-refractivity contribution in [1.29, 1.82) is 0 Å². The van der Waals surface area contributed by atoms with Crippen molar-refractivity contribution in [3.63, 3.8) is 0 Å². The third-order valence-electron chi connectivity index (χ3n) is 6.02. The van der Waals surface area contributed by atoms with Crippen LogP contribution in [0.1, 0.15) is 24.8 Å². The molecule has 6 nitrogen and oxygen atoms in total. The van der Waals surface area contributed by atoms with Crippen LogP contribution in [-0.4, -0.2) is 67.2 Å². The molecule has 2 heterocycles. The first-order chi connectivity index (χ1) is 14.6. The average molecular weight is 428 g/mol. The van der Waals surface area contributed by atoms with Gasteiger partial charge in [0.15, 0.2) is 0 Å². The van der Waals surface area contributed by atoms with Crippen molar-refractivity contribution in [3.05, 3.63) is 66.2 Å². The SMILES string of the molecule is O=C([C@H]1CCCCN1S(=O)(=O)c1ccccc1)N1CCN(Cc2ccccc2)CC1. The molecule has 7 heteroatoms. The number of sulfonamides is 1. The summed E-state index contributed by atoms with van der Waals surface area (Å²) < 4.78 is 27.8. The molecule has 1 amide bonds. The van der Waals surface area contributed by atoms with E-state index in [0.717, 1.165) is 32.5 Å². The first kappa shape index (κ1) is 21.0. The van der Waals surface area contributed by atoms with Crippen LogP contribution in [0.15, 0.2) is 65.6 Å². The van der Waals surface area contributed by atoms with Gasteiger partial charge in [0, 0.05) is 39.3 Å². The number of carbonyl (C=O) groups is 1. The maximum absolute atomic E-state index is 13.3. The van der Waals surface area contributed by atoms with Gasteiger partial charge in [-0.2, -0.15) is 4.31 Å². The van der Waals surface area contributed by atoms with E-state index in [9.17, 15) is 13.2 Å². The van der Waals surface area contributed by atoms with Crippen molar-refractivity contribution in [1.82, 2.24) is 14.1 Å². The standard InChI is InChI=1S/C23H29N3O3S/c27-23(25-17-15-24(16-18-25)19-20-9-3-1-4-10-20)22-13-7-8-14-26(22)30(28,29)21-11-5-2-6-12-21/h1-6,9-12,22H,7-8,13-19H2/t22-/m1/s1. The maximum atomic E-state index is 13.3. The summed E-state index contributed by atoms with van der Waals surface area (Å²) in [5, 5.41) is 0. The summed E-state index contributed by atoms with van der Waals surface area (Å²) in [5.41, 5.74) is 1.27. The summed E-state index contributed by atoms with van der Waals surface area (Å²) in [6.45, 7) is 4.17. The van der Waals surface area contributed by atoms with Gasteiger partial charge in [0.1, 0.15) is 6.04 Å². The Morgan fingerprint density at radius 2 is 1.47 bits per heavy atom. The van der Waals surface area contributed by atoms with E-state index in [2.05, 4.69) is 17.0 Å². The molecule has 2 saturated heterocycles. The minimum absolute atomic E-state index is 0.0476. The molecule has 160 valence electrons. The molecular weight excluding hydrogens is 398 g/mol. The molecule has 0 radical (unpaired) electrons. The Morgan fingerprint density at radius 3 is 2.13 bits per heavy atom. The molecule has 4 rings (SSSR count). The predicted molar refractivity (Wildman–Crippen MR) is 116 cm³/mol. The van der Waals surface area contributed by atoms with Gasteiger partial charge in [-0.05, 0) is 30.5 Å². The number of piperidine rings is 1. The second kappa shape index (κ2) is 9.29. The van der Waals surface area contributed by atoms with Crippen LogP contribution < -0.4 is 0 Å². The van der Waals surface area contributed by atoms with Crippen LogP contribution in [0.4, 0.5) is 0 Å². The van der Waals surface area contributed by atoms with Gasteiger partial charge in [-0.15, -0.1) is 0 Å². The third kappa shape index (κ3) is 4.58. The monoisotopic (exact) mass is 427 g/mol. The Labute approximate surface area is 179 Å². The lowest BCUT2D eigenvalue weighted by atomic mass is 10.0. The Bertz CT molecular complexity index is 942. The minimum atomic E-state index is -3.67. The molecule has 2 aliphatic heterocycles. The number of amides is 1. The van der Waals surface area contributed by atoms with Crippen molar-refractivity contribution < 1.29 is 13.2 Å². The van der Waals surface area contributed by atoms with Crippen LogP contribution in [0.25, 0.3) is 0 Å². The van der Waals surface area contributed by atoms with Gasteiger partial charge in [0.25, 0.3) is 0 Å². The van der Waals surface area contributed by atoms with Crippen LogP contribution in [0.5, 0.6) is 0 Å². The van der Waals surface area contributed by atoms with Gasteiger partial charge in [-0.3, -0.25) is 9.69 Å². The van der Waals surface area contributed by atoms with Crippen molar-refractivity contribution in [2.24, 2.45) is 0 Å². The molecule has 1 atom stereocenters. The van der Waals surface area contributed by atoms with E-state index in [0.29, 0.717) is 26.1 Å². The van der Waals surface area contributed by atoms with Crippen molar-refractivity contribution in [2.75, 3.05) is 32.7 Å². The zero-order valence-corrected chi connectivity index (χ0v) is 18.0. The van der Waals surface area contributed by atoms with E-state index in [-0.39, 0.29) is 10.8 Å². The summed E-state index contributed by atoms with van der Waals surface area (Å²) in [7, 11) is -3.67. The predicted octanol–water partition coefficient (Wildman–Crippen LogP) is 2.57. The zero-order chi connectivity index (χ0) is 21.0. The number of nitrogens with zero attached hydrogens (tertiary/aromatic N) is 3. The van der Waals surface area contributed by atoms with Gasteiger partial charge in [-0.25, -0.2) is 8.42 Å². The van der Waals surface area contributed by atoms with E-state index in [1.54, 1.807) is 30.3 Å². The smallest absolute Gasteiger partial charge is 0.243 e. The Hall–Kier alpha value is -2.22. The van der Waals surface area contributed by atoms with Gasteiger partial charge in [-0.1, -0.05) is 55.0 Å². The van der Waals surface area contributed by atoms with E-state index in [1.165, 1.54) is 9.87 Å². The highest BCUT2D eigenvalue weighted by Gasteiger charge is 2.39. The fourth-order valence-corrected chi connectivity index (χ4v) is 6.02. The highest BCUT2D eigenvalue weighted by molar-refractivity contribution is 7.89. The van der Waals surface area contributed by atoms with Gasteiger partial charge in [0.2, 0.25) is 15.9 Å². The number of hydrogen-bond donors (Lipinski definition) is 0. The molecule has 0 aromatic heterocycles. The number of rotatable bonds is 5. The lowest BCUT2D eigenvalue weighted by molar-refractivity contribution is -0.138. The van der Waals surface area contributed by atoms with Gasteiger partial charge >= 0.3 is 0 Å². The molecule has 0 unspecified atom stereocenters. The second-order valence-corrected chi connectivity index (χ2v) is 9.92. The highest BCUT2D eigenvalue weighted by Crippen LogP contribution is 2.27. The fraction of sp³-hybridized carbons (Fsp3) is 0.435.